The molecule has 0 radical (unpaired) electrons. The molecule has 0 unspecified atom stereocenters. The van der Waals surface area contributed by atoms with Gasteiger partial charge < -0.3 is 4.74 Å². The van der Waals surface area contributed by atoms with E-state index in [9.17, 15) is 19.7 Å². The number of esters is 1. The fourth-order valence-electron chi connectivity index (χ4n) is 3.42. The van der Waals surface area contributed by atoms with Crippen LogP contribution in [0.4, 0.5) is 5.69 Å². The SMILES string of the molecule is CCOC(=O)C1=C(C)N=c2sc(=Cc3cccs3)c(=O)n2[C@H]1c1cccc([N+](=O)[O-])c1. The Morgan fingerprint density at radius 2 is 2.16 bits per heavy atom. The van der Waals surface area contributed by atoms with Gasteiger partial charge >= 0.3 is 5.97 Å². The van der Waals surface area contributed by atoms with Gasteiger partial charge in [0.05, 0.1) is 33.4 Å². The van der Waals surface area contributed by atoms with Crippen molar-refractivity contribution >= 4 is 40.4 Å². The first-order chi connectivity index (χ1) is 14.9. The zero-order valence-corrected chi connectivity index (χ0v) is 18.2. The highest BCUT2D eigenvalue weighted by Gasteiger charge is 2.34. The summed E-state index contributed by atoms with van der Waals surface area (Å²) in [7, 11) is 0. The van der Waals surface area contributed by atoms with Crippen LogP contribution in [0.5, 0.6) is 0 Å². The van der Waals surface area contributed by atoms with Gasteiger partial charge in [0.1, 0.15) is 0 Å². The van der Waals surface area contributed by atoms with E-state index in [0.29, 0.717) is 20.6 Å². The Kier molecular flexibility index (Phi) is 5.66. The number of allylic oxidation sites excluding steroid dienone is 1. The molecule has 1 aromatic carbocycles. The van der Waals surface area contributed by atoms with E-state index in [-0.39, 0.29) is 23.4 Å². The molecule has 1 atom stereocenters. The average Bonchev–Trinajstić information content (AvgIpc) is 3.35. The molecule has 3 aromatic rings. The summed E-state index contributed by atoms with van der Waals surface area (Å²) in [6.45, 7) is 3.51. The molecule has 0 bridgehead atoms. The van der Waals surface area contributed by atoms with Crippen molar-refractivity contribution in [2.24, 2.45) is 4.99 Å². The first-order valence-electron chi connectivity index (χ1n) is 9.38. The number of fused-ring (bicyclic) bond motifs is 1. The number of non-ortho nitro benzene ring substituents is 1. The number of thiophene rings is 1. The largest absolute Gasteiger partial charge is 0.463 e. The van der Waals surface area contributed by atoms with Gasteiger partial charge in [0.15, 0.2) is 4.80 Å². The molecule has 0 saturated heterocycles. The molecule has 3 heterocycles. The first-order valence-corrected chi connectivity index (χ1v) is 11.1. The van der Waals surface area contributed by atoms with Gasteiger partial charge in [0.2, 0.25) is 0 Å². The van der Waals surface area contributed by atoms with Gasteiger partial charge in [-0.25, -0.2) is 9.79 Å². The summed E-state index contributed by atoms with van der Waals surface area (Å²) in [6, 6.07) is 8.85. The normalized spacial score (nSPS) is 16.1. The number of rotatable bonds is 5. The lowest BCUT2D eigenvalue weighted by atomic mass is 9.95. The number of ether oxygens (including phenoxy) is 1. The fraction of sp³-hybridized carbons (Fsp3) is 0.190. The molecule has 8 nitrogen and oxygen atoms in total. The topological polar surface area (TPSA) is 104 Å². The summed E-state index contributed by atoms with van der Waals surface area (Å²) in [6.07, 6.45) is 1.78. The number of carbonyl (C=O) groups is 1. The van der Waals surface area contributed by atoms with Crippen LogP contribution in [-0.4, -0.2) is 22.1 Å². The monoisotopic (exact) mass is 455 g/mol. The van der Waals surface area contributed by atoms with Crippen LogP contribution in [0.1, 0.15) is 30.3 Å². The molecule has 1 aliphatic rings. The van der Waals surface area contributed by atoms with Crippen LogP contribution in [0, 0.1) is 10.1 Å². The lowest BCUT2D eigenvalue weighted by Crippen LogP contribution is -2.39. The zero-order chi connectivity index (χ0) is 22.1. The molecule has 0 saturated carbocycles. The van der Waals surface area contributed by atoms with Gasteiger partial charge in [-0.2, -0.15) is 0 Å². The minimum atomic E-state index is -0.874. The molecule has 0 spiro atoms. The maximum atomic E-state index is 13.4. The third-order valence-corrected chi connectivity index (χ3v) is 6.53. The number of nitrogens with zero attached hydrogens (tertiary/aromatic N) is 3. The van der Waals surface area contributed by atoms with E-state index in [2.05, 4.69) is 4.99 Å². The summed E-state index contributed by atoms with van der Waals surface area (Å²) in [5.74, 6) is -0.604. The van der Waals surface area contributed by atoms with Gasteiger partial charge in [-0.1, -0.05) is 29.5 Å². The number of thiazole rings is 1. The Balaban J connectivity index is 1.99. The minimum absolute atomic E-state index is 0.129. The molecule has 4 rings (SSSR count). The lowest BCUT2D eigenvalue weighted by molar-refractivity contribution is -0.384. The summed E-state index contributed by atoms with van der Waals surface area (Å²) < 4.78 is 7.11. The van der Waals surface area contributed by atoms with E-state index in [1.54, 1.807) is 26.0 Å². The number of aromatic nitrogens is 1. The van der Waals surface area contributed by atoms with Crippen molar-refractivity contribution in [3.05, 3.63) is 93.3 Å². The third-order valence-electron chi connectivity index (χ3n) is 4.73. The van der Waals surface area contributed by atoms with Crippen LogP contribution < -0.4 is 14.9 Å². The highest BCUT2D eigenvalue weighted by Crippen LogP contribution is 2.32. The van der Waals surface area contributed by atoms with E-state index in [1.807, 2.05) is 17.5 Å². The maximum Gasteiger partial charge on any atom is 0.338 e. The van der Waals surface area contributed by atoms with Gasteiger partial charge in [0, 0.05) is 17.0 Å². The number of nitro groups is 1. The standard InChI is InChI=1S/C21H17N3O5S2/c1-3-29-20(26)17-12(2)22-21-23(18(17)13-6-4-7-14(10-13)24(27)28)19(25)16(31-21)11-15-8-5-9-30-15/h4-11,18H,3H2,1-2H3/t18-/m0/s1. The van der Waals surface area contributed by atoms with Gasteiger partial charge in [-0.15, -0.1) is 11.3 Å². The molecule has 1 aliphatic heterocycles. The van der Waals surface area contributed by atoms with Crippen molar-refractivity contribution in [3.8, 4) is 0 Å². The van der Waals surface area contributed by atoms with Gasteiger partial charge in [-0.3, -0.25) is 19.5 Å². The molecule has 0 N–H and O–H groups in total. The van der Waals surface area contributed by atoms with E-state index >= 15 is 0 Å². The van der Waals surface area contributed by atoms with E-state index in [1.165, 1.54) is 45.4 Å². The Hall–Kier alpha value is -3.37. The third kappa shape index (κ3) is 3.87. The lowest BCUT2D eigenvalue weighted by Gasteiger charge is -2.24. The first kappa shape index (κ1) is 20.9. The number of benzene rings is 1. The Morgan fingerprint density at radius 3 is 2.84 bits per heavy atom. The van der Waals surface area contributed by atoms with Crippen molar-refractivity contribution in [1.29, 1.82) is 0 Å². The molecule has 10 heteroatoms. The van der Waals surface area contributed by atoms with Crippen molar-refractivity contribution in [1.82, 2.24) is 4.57 Å². The highest BCUT2D eigenvalue weighted by atomic mass is 32.1. The predicted molar refractivity (Wildman–Crippen MR) is 118 cm³/mol. The van der Waals surface area contributed by atoms with Gasteiger partial charge in [-0.05, 0) is 36.9 Å². The second kappa shape index (κ2) is 8.40. The summed E-state index contributed by atoms with van der Waals surface area (Å²) in [5.41, 5.74) is 0.602. The van der Waals surface area contributed by atoms with E-state index in [0.717, 1.165) is 4.88 Å². The van der Waals surface area contributed by atoms with Crippen LogP contribution in [-0.2, 0) is 9.53 Å². The average molecular weight is 456 g/mol. The molecule has 0 aliphatic carbocycles. The summed E-state index contributed by atoms with van der Waals surface area (Å²) >= 11 is 2.71. The Bertz CT molecular complexity index is 1380. The smallest absolute Gasteiger partial charge is 0.338 e. The van der Waals surface area contributed by atoms with Crippen molar-refractivity contribution < 1.29 is 14.5 Å². The Morgan fingerprint density at radius 1 is 1.35 bits per heavy atom. The molecule has 0 amide bonds. The number of carbonyl (C=O) groups excluding carboxylic acids is 1. The molecular weight excluding hydrogens is 438 g/mol. The number of hydrogen-bond donors (Lipinski definition) is 0. The summed E-state index contributed by atoms with van der Waals surface area (Å²) in [5, 5.41) is 13.2. The van der Waals surface area contributed by atoms with Crippen LogP contribution >= 0.6 is 22.7 Å². The van der Waals surface area contributed by atoms with Crippen LogP contribution in [0.25, 0.3) is 6.08 Å². The van der Waals surface area contributed by atoms with Crippen LogP contribution in [0.15, 0.2) is 62.8 Å². The van der Waals surface area contributed by atoms with E-state index in [4.69, 9.17) is 4.74 Å². The summed E-state index contributed by atoms with van der Waals surface area (Å²) in [4.78, 5) is 42.8. The predicted octanol–water partition coefficient (Wildman–Crippen LogP) is 2.77. The van der Waals surface area contributed by atoms with Crippen LogP contribution in [0.2, 0.25) is 0 Å². The molecule has 31 heavy (non-hydrogen) atoms. The zero-order valence-electron chi connectivity index (χ0n) is 16.6. The molecule has 2 aromatic heterocycles. The number of hydrogen-bond acceptors (Lipinski definition) is 8. The molecular formula is C21H17N3O5S2. The fourth-order valence-corrected chi connectivity index (χ4v) is 5.19. The minimum Gasteiger partial charge on any atom is -0.463 e. The maximum absolute atomic E-state index is 13.4. The van der Waals surface area contributed by atoms with Crippen molar-refractivity contribution in [2.75, 3.05) is 6.61 Å². The van der Waals surface area contributed by atoms with Crippen LogP contribution in [0.3, 0.4) is 0 Å². The van der Waals surface area contributed by atoms with Crippen molar-refractivity contribution in [3.63, 3.8) is 0 Å². The van der Waals surface area contributed by atoms with E-state index < -0.39 is 16.9 Å². The second-order valence-corrected chi connectivity index (χ2v) is 8.66. The Labute approximate surface area is 184 Å². The highest BCUT2D eigenvalue weighted by molar-refractivity contribution is 7.11. The molecule has 158 valence electrons. The molecule has 0 fully saturated rings. The number of nitro benzene ring substituents is 1. The van der Waals surface area contributed by atoms with Crippen molar-refractivity contribution in [2.45, 2.75) is 19.9 Å². The quantitative estimate of drug-likeness (QED) is 0.334. The second-order valence-electron chi connectivity index (χ2n) is 6.67. The van der Waals surface area contributed by atoms with Gasteiger partial charge in [0.25, 0.3) is 11.2 Å².